The Bertz CT molecular complexity index is 624. The van der Waals surface area contributed by atoms with Gasteiger partial charge in [0.1, 0.15) is 5.75 Å². The maximum Gasteiger partial charge on any atom is 0.267 e. The molecule has 3 rings (SSSR count). The molecule has 1 aromatic carbocycles. The van der Waals surface area contributed by atoms with E-state index in [1.54, 1.807) is 6.92 Å². The van der Waals surface area contributed by atoms with E-state index in [-0.39, 0.29) is 5.75 Å². The first-order chi connectivity index (χ1) is 10.1. The van der Waals surface area contributed by atoms with Crippen molar-refractivity contribution in [1.29, 1.82) is 0 Å². The molecule has 0 aliphatic heterocycles. The van der Waals surface area contributed by atoms with Crippen molar-refractivity contribution in [2.75, 3.05) is 0 Å². The first kappa shape index (κ1) is 14.0. The van der Waals surface area contributed by atoms with Crippen LogP contribution in [0.3, 0.4) is 0 Å². The third kappa shape index (κ3) is 3.04. The molecule has 0 bridgehead atoms. The van der Waals surface area contributed by atoms with Crippen molar-refractivity contribution in [2.24, 2.45) is 0 Å². The van der Waals surface area contributed by atoms with Crippen LogP contribution in [-0.4, -0.2) is 10.1 Å². The topological polar surface area (TPSA) is 48.2 Å². The van der Waals surface area contributed by atoms with Gasteiger partial charge in [-0.3, -0.25) is 0 Å². The third-order valence-electron chi connectivity index (χ3n) is 3.73. The maximum atomic E-state index is 13.1. The van der Waals surface area contributed by atoms with Crippen LogP contribution in [0.2, 0.25) is 0 Å². The Hall–Kier alpha value is -1.98. The minimum absolute atomic E-state index is 0.224. The van der Waals surface area contributed by atoms with Gasteiger partial charge in [0, 0.05) is 12.0 Å². The summed E-state index contributed by atoms with van der Waals surface area (Å²) in [6.07, 6.45) is 4.03. The average molecular weight is 294 g/mol. The van der Waals surface area contributed by atoms with Crippen molar-refractivity contribution >= 4 is 0 Å². The monoisotopic (exact) mass is 294 g/mol. The summed E-state index contributed by atoms with van der Waals surface area (Å²) in [5.74, 6) is -0.210. The molecule has 1 heterocycles. The molecule has 0 N–H and O–H groups in total. The summed E-state index contributed by atoms with van der Waals surface area (Å²) in [6, 6.07) is 3.39. The van der Waals surface area contributed by atoms with Crippen LogP contribution < -0.4 is 4.74 Å². The maximum absolute atomic E-state index is 13.1. The molecule has 0 radical (unpaired) electrons. The van der Waals surface area contributed by atoms with Crippen LogP contribution in [0.1, 0.15) is 56.3 Å². The third-order valence-corrected chi connectivity index (χ3v) is 3.73. The number of aromatic nitrogens is 2. The zero-order valence-electron chi connectivity index (χ0n) is 11.7. The molecule has 1 atom stereocenters. The van der Waals surface area contributed by atoms with Crippen LogP contribution in [0, 0.1) is 11.6 Å². The number of ether oxygens (including phenoxy) is 1. The second kappa shape index (κ2) is 5.79. The lowest BCUT2D eigenvalue weighted by Crippen LogP contribution is -2.04. The number of benzene rings is 1. The van der Waals surface area contributed by atoms with Gasteiger partial charge in [-0.1, -0.05) is 18.0 Å². The van der Waals surface area contributed by atoms with E-state index in [2.05, 4.69) is 10.1 Å². The fourth-order valence-corrected chi connectivity index (χ4v) is 2.57. The minimum atomic E-state index is -0.947. The molecular formula is C15H16F2N2O2. The molecule has 0 amide bonds. The largest absolute Gasteiger partial charge is 0.481 e. The molecule has 0 spiro atoms. The van der Waals surface area contributed by atoms with Crippen LogP contribution in [-0.2, 0) is 0 Å². The summed E-state index contributed by atoms with van der Waals surface area (Å²) in [5.41, 5.74) is 0. The highest BCUT2D eigenvalue weighted by atomic mass is 19.2. The van der Waals surface area contributed by atoms with E-state index in [0.29, 0.717) is 17.6 Å². The van der Waals surface area contributed by atoms with Crippen LogP contribution >= 0.6 is 0 Å². The first-order valence-electron chi connectivity index (χ1n) is 7.08. The van der Waals surface area contributed by atoms with Gasteiger partial charge in [0.2, 0.25) is 0 Å². The normalized spacial score (nSPS) is 17.1. The van der Waals surface area contributed by atoms with Crippen LogP contribution in [0.5, 0.6) is 5.75 Å². The van der Waals surface area contributed by atoms with Crippen molar-refractivity contribution < 1.29 is 18.0 Å². The molecule has 1 fully saturated rings. The second-order valence-electron chi connectivity index (χ2n) is 5.31. The first-order valence-corrected chi connectivity index (χ1v) is 7.08. The average Bonchev–Trinajstić information content (AvgIpc) is 3.12. The smallest absolute Gasteiger partial charge is 0.267 e. The lowest BCUT2D eigenvalue weighted by atomic mass is 10.1. The standard InChI is InChI=1S/C15H16F2N2O2/c1-9(20-11-6-7-12(16)13(17)8-11)15-18-14(19-21-15)10-4-2-3-5-10/h6-10H,2-5H2,1H3/t9-/m0/s1. The molecular weight excluding hydrogens is 278 g/mol. The Morgan fingerprint density at radius 3 is 2.71 bits per heavy atom. The van der Waals surface area contributed by atoms with Crippen molar-refractivity contribution in [3.05, 3.63) is 41.5 Å². The predicted molar refractivity (Wildman–Crippen MR) is 70.9 cm³/mol. The Morgan fingerprint density at radius 2 is 2.00 bits per heavy atom. The Balaban J connectivity index is 1.69. The Kier molecular flexibility index (Phi) is 3.86. The Labute approximate surface area is 121 Å². The van der Waals surface area contributed by atoms with E-state index in [1.807, 2.05) is 0 Å². The molecule has 0 saturated heterocycles. The molecule has 6 heteroatoms. The zero-order chi connectivity index (χ0) is 14.8. The summed E-state index contributed by atoms with van der Waals surface area (Å²) in [7, 11) is 0. The van der Waals surface area contributed by atoms with Gasteiger partial charge < -0.3 is 9.26 Å². The van der Waals surface area contributed by atoms with Crippen molar-refractivity contribution in [1.82, 2.24) is 10.1 Å². The van der Waals surface area contributed by atoms with Gasteiger partial charge in [-0.2, -0.15) is 4.98 Å². The van der Waals surface area contributed by atoms with Gasteiger partial charge in [-0.15, -0.1) is 0 Å². The lowest BCUT2D eigenvalue weighted by molar-refractivity contribution is 0.174. The van der Waals surface area contributed by atoms with Crippen LogP contribution in [0.4, 0.5) is 8.78 Å². The van der Waals surface area contributed by atoms with E-state index < -0.39 is 17.7 Å². The van der Waals surface area contributed by atoms with Crippen molar-refractivity contribution in [3.63, 3.8) is 0 Å². The van der Waals surface area contributed by atoms with Crippen LogP contribution in [0.15, 0.2) is 22.7 Å². The fourth-order valence-electron chi connectivity index (χ4n) is 2.57. The summed E-state index contributed by atoms with van der Waals surface area (Å²) in [6.45, 7) is 1.73. The number of nitrogens with zero attached hydrogens (tertiary/aromatic N) is 2. The van der Waals surface area contributed by atoms with E-state index >= 15 is 0 Å². The van der Waals surface area contributed by atoms with Gasteiger partial charge in [0.05, 0.1) is 0 Å². The molecule has 1 aliphatic carbocycles. The summed E-state index contributed by atoms with van der Waals surface area (Å²) in [4.78, 5) is 4.36. The van der Waals surface area contributed by atoms with E-state index in [0.717, 1.165) is 25.0 Å². The van der Waals surface area contributed by atoms with Gasteiger partial charge in [0.25, 0.3) is 5.89 Å². The molecule has 1 saturated carbocycles. The molecule has 1 aliphatic rings. The predicted octanol–water partition coefficient (Wildman–Crippen LogP) is 4.15. The van der Waals surface area contributed by atoms with Gasteiger partial charge in [0.15, 0.2) is 23.6 Å². The van der Waals surface area contributed by atoms with Crippen molar-refractivity contribution in [2.45, 2.75) is 44.6 Å². The highest BCUT2D eigenvalue weighted by Crippen LogP contribution is 2.33. The lowest BCUT2D eigenvalue weighted by Gasteiger charge is -2.10. The van der Waals surface area contributed by atoms with Crippen LogP contribution in [0.25, 0.3) is 0 Å². The van der Waals surface area contributed by atoms with Gasteiger partial charge >= 0.3 is 0 Å². The number of rotatable bonds is 4. The van der Waals surface area contributed by atoms with E-state index in [9.17, 15) is 8.78 Å². The molecule has 112 valence electrons. The summed E-state index contributed by atoms with van der Waals surface area (Å²) >= 11 is 0. The Morgan fingerprint density at radius 1 is 1.24 bits per heavy atom. The highest BCUT2D eigenvalue weighted by Gasteiger charge is 2.24. The highest BCUT2D eigenvalue weighted by molar-refractivity contribution is 5.24. The molecule has 0 unspecified atom stereocenters. The summed E-state index contributed by atoms with van der Waals surface area (Å²) in [5, 5.41) is 3.99. The summed E-state index contributed by atoms with van der Waals surface area (Å²) < 4.78 is 36.7. The molecule has 2 aromatic rings. The zero-order valence-corrected chi connectivity index (χ0v) is 11.7. The van der Waals surface area contributed by atoms with Gasteiger partial charge in [-0.05, 0) is 31.9 Å². The number of hydrogen-bond acceptors (Lipinski definition) is 4. The van der Waals surface area contributed by atoms with Gasteiger partial charge in [-0.25, -0.2) is 8.78 Å². The molecule has 4 nitrogen and oxygen atoms in total. The van der Waals surface area contributed by atoms with E-state index in [1.165, 1.54) is 18.9 Å². The minimum Gasteiger partial charge on any atom is -0.481 e. The number of halogens is 2. The molecule has 21 heavy (non-hydrogen) atoms. The fraction of sp³-hybridized carbons (Fsp3) is 0.467. The second-order valence-corrected chi connectivity index (χ2v) is 5.31. The molecule has 1 aromatic heterocycles. The van der Waals surface area contributed by atoms with E-state index in [4.69, 9.17) is 9.26 Å². The SMILES string of the molecule is C[C@H](Oc1ccc(F)c(F)c1)c1nc(C2CCCC2)no1. The number of hydrogen-bond donors (Lipinski definition) is 0. The quantitative estimate of drug-likeness (QED) is 0.850. The van der Waals surface area contributed by atoms with Crippen molar-refractivity contribution in [3.8, 4) is 5.75 Å².